The molecule has 2 aromatic rings. The van der Waals surface area contributed by atoms with Gasteiger partial charge in [0.15, 0.2) is 11.5 Å². The zero-order valence-electron chi connectivity index (χ0n) is 17.4. The molecule has 1 heterocycles. The molecule has 6 nitrogen and oxygen atoms in total. The Bertz CT molecular complexity index is 787. The molecule has 0 saturated carbocycles. The summed E-state index contributed by atoms with van der Waals surface area (Å²) < 4.78 is 17.0. The summed E-state index contributed by atoms with van der Waals surface area (Å²) >= 11 is 0. The minimum Gasteiger partial charge on any atom is -0.493 e. The summed E-state index contributed by atoms with van der Waals surface area (Å²) in [7, 11) is 1.58. The number of carbonyl (C=O) groups is 1. The largest absolute Gasteiger partial charge is 0.493 e. The lowest BCUT2D eigenvalue weighted by Crippen LogP contribution is -2.47. The van der Waals surface area contributed by atoms with Crippen molar-refractivity contribution in [2.24, 2.45) is 0 Å². The van der Waals surface area contributed by atoms with Gasteiger partial charge in [-0.2, -0.15) is 0 Å². The average molecular weight is 399 g/mol. The predicted molar refractivity (Wildman–Crippen MR) is 113 cm³/mol. The van der Waals surface area contributed by atoms with Crippen LogP contribution in [0.15, 0.2) is 48.5 Å². The standard InChI is InChI=1S/C23H30N2O4/c1-17-14-25(15-18(2)29-17)12-11-24-23(26)20-9-10-21(22(13-20)27-3)28-16-19-7-5-4-6-8-19/h4-10,13,17-18H,11-12,14-16H2,1-3H3,(H,24,26). The van der Waals surface area contributed by atoms with E-state index >= 15 is 0 Å². The predicted octanol–water partition coefficient (Wildman–Crippen LogP) is 3.11. The number of hydrogen-bond donors (Lipinski definition) is 1. The molecular weight excluding hydrogens is 368 g/mol. The Hall–Kier alpha value is -2.57. The Kier molecular flexibility index (Phi) is 7.49. The molecule has 1 amide bonds. The SMILES string of the molecule is COc1cc(C(=O)NCCN2CC(C)OC(C)C2)ccc1OCc1ccccc1. The van der Waals surface area contributed by atoms with Crippen LogP contribution in [-0.4, -0.2) is 56.3 Å². The van der Waals surface area contributed by atoms with Gasteiger partial charge in [0.25, 0.3) is 5.91 Å². The van der Waals surface area contributed by atoms with E-state index in [4.69, 9.17) is 14.2 Å². The third kappa shape index (κ3) is 6.21. The molecule has 2 unspecified atom stereocenters. The fraction of sp³-hybridized carbons (Fsp3) is 0.435. The molecule has 156 valence electrons. The van der Waals surface area contributed by atoms with Crippen LogP contribution >= 0.6 is 0 Å². The van der Waals surface area contributed by atoms with E-state index in [0.717, 1.165) is 25.2 Å². The maximum absolute atomic E-state index is 12.5. The van der Waals surface area contributed by atoms with Crippen molar-refractivity contribution >= 4 is 5.91 Å². The lowest BCUT2D eigenvalue weighted by molar-refractivity contribution is -0.0672. The first-order valence-electron chi connectivity index (χ1n) is 10.1. The highest BCUT2D eigenvalue weighted by Gasteiger charge is 2.21. The quantitative estimate of drug-likeness (QED) is 0.740. The topological polar surface area (TPSA) is 60.0 Å². The van der Waals surface area contributed by atoms with Gasteiger partial charge in [-0.15, -0.1) is 0 Å². The zero-order valence-corrected chi connectivity index (χ0v) is 17.4. The number of ether oxygens (including phenoxy) is 3. The van der Waals surface area contributed by atoms with Gasteiger partial charge in [-0.25, -0.2) is 0 Å². The number of carbonyl (C=O) groups excluding carboxylic acids is 1. The summed E-state index contributed by atoms with van der Waals surface area (Å²) in [6.07, 6.45) is 0.448. The van der Waals surface area contributed by atoms with Gasteiger partial charge in [0.2, 0.25) is 0 Å². The monoisotopic (exact) mass is 398 g/mol. The van der Waals surface area contributed by atoms with Crippen LogP contribution in [0.5, 0.6) is 11.5 Å². The molecule has 0 aliphatic carbocycles. The highest BCUT2D eigenvalue weighted by Crippen LogP contribution is 2.28. The van der Waals surface area contributed by atoms with Crippen LogP contribution in [0.25, 0.3) is 0 Å². The maximum atomic E-state index is 12.5. The van der Waals surface area contributed by atoms with E-state index < -0.39 is 0 Å². The molecule has 0 spiro atoms. The number of morpholine rings is 1. The molecule has 1 aliphatic heterocycles. The van der Waals surface area contributed by atoms with E-state index in [1.165, 1.54) is 0 Å². The first-order valence-corrected chi connectivity index (χ1v) is 10.1. The molecule has 3 rings (SSSR count). The van der Waals surface area contributed by atoms with Gasteiger partial charge in [-0.1, -0.05) is 30.3 Å². The first-order chi connectivity index (χ1) is 14.0. The van der Waals surface area contributed by atoms with Crippen LogP contribution in [-0.2, 0) is 11.3 Å². The number of methoxy groups -OCH3 is 1. The number of hydrogen-bond acceptors (Lipinski definition) is 5. The van der Waals surface area contributed by atoms with Gasteiger partial charge < -0.3 is 19.5 Å². The van der Waals surface area contributed by atoms with E-state index in [2.05, 4.69) is 24.1 Å². The molecular formula is C23H30N2O4. The van der Waals surface area contributed by atoms with E-state index in [-0.39, 0.29) is 18.1 Å². The normalized spacial score (nSPS) is 19.6. The second-order valence-corrected chi connectivity index (χ2v) is 7.41. The highest BCUT2D eigenvalue weighted by molar-refractivity contribution is 5.94. The van der Waals surface area contributed by atoms with Gasteiger partial charge in [-0.3, -0.25) is 9.69 Å². The Morgan fingerprint density at radius 3 is 2.52 bits per heavy atom. The first kappa shape index (κ1) is 21.1. The third-order valence-electron chi connectivity index (χ3n) is 4.87. The molecule has 1 saturated heterocycles. The Balaban J connectivity index is 1.52. The Labute approximate surface area is 172 Å². The van der Waals surface area contributed by atoms with E-state index in [9.17, 15) is 4.79 Å². The molecule has 2 aromatic carbocycles. The molecule has 6 heteroatoms. The van der Waals surface area contributed by atoms with Crippen LogP contribution in [0.2, 0.25) is 0 Å². The number of nitrogens with zero attached hydrogens (tertiary/aromatic N) is 1. The van der Waals surface area contributed by atoms with Crippen molar-refractivity contribution in [3.63, 3.8) is 0 Å². The van der Waals surface area contributed by atoms with Gasteiger partial charge in [0, 0.05) is 31.7 Å². The molecule has 0 bridgehead atoms. The van der Waals surface area contributed by atoms with Crippen molar-refractivity contribution in [1.82, 2.24) is 10.2 Å². The Morgan fingerprint density at radius 2 is 1.83 bits per heavy atom. The minimum atomic E-state index is -0.118. The summed E-state index contributed by atoms with van der Waals surface area (Å²) in [5.41, 5.74) is 1.63. The van der Waals surface area contributed by atoms with Crippen LogP contribution in [0.3, 0.4) is 0 Å². The van der Waals surface area contributed by atoms with E-state index in [1.807, 2.05) is 30.3 Å². The van der Waals surface area contributed by atoms with Crippen LogP contribution < -0.4 is 14.8 Å². The summed E-state index contributed by atoms with van der Waals surface area (Å²) in [6.45, 7) is 7.78. The van der Waals surface area contributed by atoms with Crippen LogP contribution in [0, 0.1) is 0 Å². The van der Waals surface area contributed by atoms with Crippen LogP contribution in [0.4, 0.5) is 0 Å². The maximum Gasteiger partial charge on any atom is 0.251 e. The summed E-state index contributed by atoms with van der Waals surface area (Å²) in [5, 5.41) is 2.99. The van der Waals surface area contributed by atoms with Crippen LogP contribution in [0.1, 0.15) is 29.8 Å². The molecule has 29 heavy (non-hydrogen) atoms. The number of amides is 1. The van der Waals surface area contributed by atoms with Crippen molar-refractivity contribution in [3.8, 4) is 11.5 Å². The molecule has 1 N–H and O–H groups in total. The smallest absolute Gasteiger partial charge is 0.251 e. The van der Waals surface area contributed by atoms with Crippen molar-refractivity contribution in [2.45, 2.75) is 32.7 Å². The average Bonchev–Trinajstić information content (AvgIpc) is 2.72. The minimum absolute atomic E-state index is 0.118. The molecule has 1 aliphatic rings. The molecule has 2 atom stereocenters. The Morgan fingerprint density at radius 1 is 1.10 bits per heavy atom. The number of benzene rings is 2. The lowest BCUT2D eigenvalue weighted by Gasteiger charge is -2.35. The molecule has 0 aromatic heterocycles. The highest BCUT2D eigenvalue weighted by atomic mass is 16.5. The van der Waals surface area contributed by atoms with Crippen molar-refractivity contribution < 1.29 is 19.0 Å². The molecule has 0 radical (unpaired) electrons. The van der Waals surface area contributed by atoms with Crippen molar-refractivity contribution in [2.75, 3.05) is 33.3 Å². The fourth-order valence-electron chi connectivity index (χ4n) is 3.56. The fourth-order valence-corrected chi connectivity index (χ4v) is 3.56. The van der Waals surface area contributed by atoms with E-state index in [0.29, 0.717) is 30.2 Å². The van der Waals surface area contributed by atoms with Gasteiger partial charge in [0.1, 0.15) is 6.61 Å². The number of nitrogens with one attached hydrogen (secondary N) is 1. The lowest BCUT2D eigenvalue weighted by atomic mass is 10.2. The second-order valence-electron chi connectivity index (χ2n) is 7.41. The van der Waals surface area contributed by atoms with Gasteiger partial charge in [-0.05, 0) is 37.6 Å². The molecule has 1 fully saturated rings. The third-order valence-corrected chi connectivity index (χ3v) is 4.87. The van der Waals surface area contributed by atoms with Gasteiger partial charge >= 0.3 is 0 Å². The van der Waals surface area contributed by atoms with Gasteiger partial charge in [0.05, 0.1) is 19.3 Å². The van der Waals surface area contributed by atoms with Crippen molar-refractivity contribution in [3.05, 3.63) is 59.7 Å². The second kappa shape index (κ2) is 10.3. The summed E-state index contributed by atoms with van der Waals surface area (Å²) in [6, 6.07) is 15.2. The summed E-state index contributed by atoms with van der Waals surface area (Å²) in [5.74, 6) is 1.04. The summed E-state index contributed by atoms with van der Waals surface area (Å²) in [4.78, 5) is 14.8. The zero-order chi connectivity index (χ0) is 20.6. The number of rotatable bonds is 8. The van der Waals surface area contributed by atoms with Crippen molar-refractivity contribution in [1.29, 1.82) is 0 Å². The van der Waals surface area contributed by atoms with E-state index in [1.54, 1.807) is 25.3 Å².